The number of carbonyl (C=O) groups excluding carboxylic acids is 2. The van der Waals surface area contributed by atoms with E-state index in [0.717, 1.165) is 6.20 Å². The molecule has 1 atom stereocenters. The van der Waals surface area contributed by atoms with Crippen LogP contribution in [-0.4, -0.2) is 45.1 Å². The minimum Gasteiger partial charge on any atom is -0.368 e. The standard InChI is InChI=1S/C17H18F2N6O2/c1-23(10-14-21-7-8-24(14)17(18)19)16(27)12-9-13(15(20)26)25(22-12)11-5-3-2-4-6-11/h2-8,13,17H,9-10H2,1H3,(H2,20,26). The molecule has 0 radical (unpaired) electrons. The van der Waals surface area contributed by atoms with E-state index in [9.17, 15) is 18.4 Å². The summed E-state index contributed by atoms with van der Waals surface area (Å²) in [6.07, 6.45) is 2.43. The van der Waals surface area contributed by atoms with Crippen LogP contribution in [0.4, 0.5) is 14.5 Å². The summed E-state index contributed by atoms with van der Waals surface area (Å²) >= 11 is 0. The molecule has 0 aliphatic carbocycles. The summed E-state index contributed by atoms with van der Waals surface area (Å²) < 4.78 is 26.5. The molecule has 2 heterocycles. The van der Waals surface area contributed by atoms with E-state index >= 15 is 0 Å². The number of amides is 2. The van der Waals surface area contributed by atoms with Crippen molar-refractivity contribution >= 4 is 23.2 Å². The van der Waals surface area contributed by atoms with Gasteiger partial charge in [0.15, 0.2) is 0 Å². The lowest BCUT2D eigenvalue weighted by Gasteiger charge is -2.20. The monoisotopic (exact) mass is 376 g/mol. The van der Waals surface area contributed by atoms with Crippen LogP contribution in [0, 0.1) is 0 Å². The fourth-order valence-corrected chi connectivity index (χ4v) is 2.83. The van der Waals surface area contributed by atoms with E-state index in [4.69, 9.17) is 5.73 Å². The van der Waals surface area contributed by atoms with Gasteiger partial charge in [-0.05, 0) is 12.1 Å². The first-order chi connectivity index (χ1) is 12.9. The fraction of sp³-hybridized carbons (Fsp3) is 0.294. The zero-order valence-electron chi connectivity index (χ0n) is 14.5. The number of nitrogens with two attached hydrogens (primary N) is 1. The van der Waals surface area contributed by atoms with Gasteiger partial charge in [-0.2, -0.15) is 13.9 Å². The lowest BCUT2D eigenvalue weighted by Crippen LogP contribution is -2.40. The van der Waals surface area contributed by atoms with Gasteiger partial charge in [0.25, 0.3) is 5.91 Å². The number of imidazole rings is 1. The van der Waals surface area contributed by atoms with Gasteiger partial charge in [0.2, 0.25) is 5.91 Å². The van der Waals surface area contributed by atoms with Crippen LogP contribution in [0.25, 0.3) is 0 Å². The number of alkyl halides is 2. The molecule has 3 rings (SSSR count). The topological polar surface area (TPSA) is 96.8 Å². The first-order valence-electron chi connectivity index (χ1n) is 8.15. The number of hydrogen-bond donors (Lipinski definition) is 1. The number of nitrogens with zero attached hydrogens (tertiary/aromatic N) is 5. The minimum absolute atomic E-state index is 0.0384. The van der Waals surface area contributed by atoms with Gasteiger partial charge in [-0.15, -0.1) is 0 Å². The molecule has 2 amide bonds. The van der Waals surface area contributed by atoms with E-state index in [1.165, 1.54) is 23.2 Å². The number of halogens is 2. The van der Waals surface area contributed by atoms with Gasteiger partial charge in [-0.1, -0.05) is 18.2 Å². The van der Waals surface area contributed by atoms with Crippen LogP contribution < -0.4 is 10.7 Å². The Labute approximate surface area is 153 Å². The van der Waals surface area contributed by atoms with Crippen LogP contribution >= 0.6 is 0 Å². The molecule has 0 bridgehead atoms. The predicted octanol–water partition coefficient (Wildman–Crippen LogP) is 1.36. The Balaban J connectivity index is 1.79. The highest BCUT2D eigenvalue weighted by Crippen LogP contribution is 2.25. The molecule has 1 aromatic heterocycles. The van der Waals surface area contributed by atoms with Crippen molar-refractivity contribution in [3.05, 3.63) is 48.5 Å². The van der Waals surface area contributed by atoms with Gasteiger partial charge in [-0.3, -0.25) is 19.2 Å². The van der Waals surface area contributed by atoms with Crippen molar-refractivity contribution in [2.24, 2.45) is 10.8 Å². The second kappa shape index (κ2) is 7.52. The van der Waals surface area contributed by atoms with Crippen molar-refractivity contribution in [2.45, 2.75) is 25.6 Å². The summed E-state index contributed by atoms with van der Waals surface area (Å²) in [6.45, 7) is -2.87. The van der Waals surface area contributed by atoms with Crippen molar-refractivity contribution in [3.63, 3.8) is 0 Å². The molecule has 142 valence electrons. The second-order valence-electron chi connectivity index (χ2n) is 6.04. The van der Waals surface area contributed by atoms with Gasteiger partial charge < -0.3 is 10.6 Å². The Morgan fingerprint density at radius 3 is 2.67 bits per heavy atom. The lowest BCUT2D eigenvalue weighted by atomic mass is 10.1. The SMILES string of the molecule is CN(Cc1nccn1C(F)F)C(=O)C1=NN(c2ccccc2)C(C(N)=O)C1. The van der Waals surface area contributed by atoms with Crippen LogP contribution in [0.3, 0.4) is 0 Å². The number of anilines is 1. The van der Waals surface area contributed by atoms with Crippen molar-refractivity contribution in [1.29, 1.82) is 0 Å². The lowest BCUT2D eigenvalue weighted by molar-refractivity contribution is -0.123. The molecule has 27 heavy (non-hydrogen) atoms. The van der Waals surface area contributed by atoms with E-state index in [1.807, 2.05) is 6.07 Å². The first-order valence-corrected chi connectivity index (χ1v) is 8.15. The molecule has 2 N–H and O–H groups in total. The summed E-state index contributed by atoms with van der Waals surface area (Å²) in [5.41, 5.74) is 6.20. The highest BCUT2D eigenvalue weighted by atomic mass is 19.3. The summed E-state index contributed by atoms with van der Waals surface area (Å²) in [7, 11) is 1.46. The van der Waals surface area contributed by atoms with E-state index in [1.54, 1.807) is 24.3 Å². The van der Waals surface area contributed by atoms with E-state index in [2.05, 4.69) is 10.1 Å². The fourth-order valence-electron chi connectivity index (χ4n) is 2.83. The number of hydrazone groups is 1. The van der Waals surface area contributed by atoms with Gasteiger partial charge in [0, 0.05) is 25.9 Å². The molecule has 1 unspecified atom stereocenters. The normalized spacial score (nSPS) is 16.5. The van der Waals surface area contributed by atoms with Gasteiger partial charge in [0.05, 0.1) is 12.2 Å². The predicted molar refractivity (Wildman–Crippen MR) is 93.9 cm³/mol. The first kappa shape index (κ1) is 18.5. The maximum atomic E-state index is 12.9. The zero-order valence-corrected chi connectivity index (χ0v) is 14.5. The summed E-state index contributed by atoms with van der Waals surface area (Å²) in [5, 5.41) is 5.66. The van der Waals surface area contributed by atoms with Crippen molar-refractivity contribution in [1.82, 2.24) is 14.5 Å². The maximum absolute atomic E-state index is 12.9. The number of hydrogen-bond acceptors (Lipinski definition) is 5. The third-order valence-corrected chi connectivity index (χ3v) is 4.19. The van der Waals surface area contributed by atoms with E-state index in [0.29, 0.717) is 10.3 Å². The largest absolute Gasteiger partial charge is 0.368 e. The Morgan fingerprint density at radius 2 is 2.04 bits per heavy atom. The van der Waals surface area contributed by atoms with Crippen molar-refractivity contribution in [3.8, 4) is 0 Å². The van der Waals surface area contributed by atoms with Crippen LogP contribution in [0.1, 0.15) is 18.8 Å². The third-order valence-electron chi connectivity index (χ3n) is 4.19. The maximum Gasteiger partial charge on any atom is 0.319 e. The highest BCUT2D eigenvalue weighted by molar-refractivity contribution is 6.40. The number of aromatic nitrogens is 2. The highest BCUT2D eigenvalue weighted by Gasteiger charge is 2.36. The molecular formula is C17H18F2N6O2. The Hall–Kier alpha value is -3.30. The second-order valence-corrected chi connectivity index (χ2v) is 6.04. The Morgan fingerprint density at radius 1 is 1.33 bits per heavy atom. The summed E-state index contributed by atoms with van der Waals surface area (Å²) in [6, 6.07) is 8.07. The molecule has 8 nitrogen and oxygen atoms in total. The number of benzene rings is 1. The summed E-state index contributed by atoms with van der Waals surface area (Å²) in [5.74, 6) is -1.05. The molecule has 1 aliphatic rings. The van der Waals surface area contributed by atoms with Crippen LogP contribution in [-0.2, 0) is 16.1 Å². The average molecular weight is 376 g/mol. The number of carbonyl (C=O) groups is 2. The van der Waals surface area contributed by atoms with Crippen LogP contribution in [0.5, 0.6) is 0 Å². The van der Waals surface area contributed by atoms with Gasteiger partial charge in [0.1, 0.15) is 17.6 Å². The molecule has 0 saturated heterocycles. The molecule has 0 fully saturated rings. The van der Waals surface area contributed by atoms with Gasteiger partial charge in [-0.25, -0.2) is 4.98 Å². The van der Waals surface area contributed by atoms with Crippen molar-refractivity contribution in [2.75, 3.05) is 12.1 Å². The molecule has 0 spiro atoms. The molecule has 10 heteroatoms. The Kier molecular flexibility index (Phi) is 5.15. The van der Waals surface area contributed by atoms with Crippen molar-refractivity contribution < 1.29 is 18.4 Å². The molecule has 1 aliphatic heterocycles. The Bertz CT molecular complexity index is 867. The number of para-hydroxylation sites is 1. The quantitative estimate of drug-likeness (QED) is 0.823. The molecular weight excluding hydrogens is 358 g/mol. The third kappa shape index (κ3) is 3.78. The van der Waals surface area contributed by atoms with Crippen LogP contribution in [0.15, 0.2) is 47.8 Å². The van der Waals surface area contributed by atoms with E-state index < -0.39 is 24.4 Å². The average Bonchev–Trinajstić information content (AvgIpc) is 3.29. The number of primary amides is 1. The zero-order chi connectivity index (χ0) is 19.6. The molecule has 1 aromatic carbocycles. The molecule has 2 aromatic rings. The number of rotatable bonds is 6. The van der Waals surface area contributed by atoms with Gasteiger partial charge >= 0.3 is 6.55 Å². The van der Waals surface area contributed by atoms with Crippen LogP contribution in [0.2, 0.25) is 0 Å². The minimum atomic E-state index is -2.75. The summed E-state index contributed by atoms with van der Waals surface area (Å²) in [4.78, 5) is 29.6. The molecule has 0 saturated carbocycles. The smallest absolute Gasteiger partial charge is 0.319 e. The van der Waals surface area contributed by atoms with E-state index in [-0.39, 0.29) is 24.5 Å².